The van der Waals surface area contributed by atoms with Crippen LogP contribution in [0, 0.1) is 0 Å². The third kappa shape index (κ3) is 1.53. The minimum absolute atomic E-state index is 0.171. The first-order valence-electron chi connectivity index (χ1n) is 3.14. The van der Waals surface area contributed by atoms with Crippen molar-refractivity contribution in [1.82, 2.24) is 0 Å². The Morgan fingerprint density at radius 3 is 2.90 bits per heavy atom. The number of carbonyl (C=O) groups excluding carboxylic acids is 1. The molecule has 1 unspecified atom stereocenters. The van der Waals surface area contributed by atoms with Crippen LogP contribution in [0.5, 0.6) is 0 Å². The van der Waals surface area contributed by atoms with E-state index in [0.717, 1.165) is 0 Å². The van der Waals surface area contributed by atoms with E-state index in [4.69, 9.17) is 14.6 Å². The molecule has 1 saturated heterocycles. The second kappa shape index (κ2) is 3.09. The van der Waals surface area contributed by atoms with Gasteiger partial charge in [-0.3, -0.25) is 0 Å². The molecular weight excluding hydrogens is 136 g/mol. The highest BCUT2D eigenvalue weighted by atomic mass is 16.7. The van der Waals surface area contributed by atoms with Gasteiger partial charge in [0.05, 0.1) is 6.61 Å². The Balaban J connectivity index is 2.45. The molecule has 0 aromatic rings. The molecule has 0 amide bonds. The van der Waals surface area contributed by atoms with Crippen molar-refractivity contribution in [3.8, 4) is 0 Å². The average Bonchev–Trinajstić information content (AvgIpc) is 1.94. The summed E-state index contributed by atoms with van der Waals surface area (Å²) < 4.78 is 9.80. The van der Waals surface area contributed by atoms with Gasteiger partial charge in [-0.15, -0.1) is 0 Å². The van der Waals surface area contributed by atoms with Crippen LogP contribution < -0.4 is 0 Å². The van der Waals surface area contributed by atoms with Gasteiger partial charge >= 0.3 is 0 Å². The summed E-state index contributed by atoms with van der Waals surface area (Å²) in [5.41, 5.74) is 0. The summed E-state index contributed by atoms with van der Waals surface area (Å²) >= 11 is 0. The predicted molar refractivity (Wildman–Crippen MR) is 32.4 cm³/mol. The summed E-state index contributed by atoms with van der Waals surface area (Å²) in [7, 11) is 0. The first-order valence-corrected chi connectivity index (χ1v) is 3.14. The van der Waals surface area contributed by atoms with Crippen molar-refractivity contribution in [2.24, 2.45) is 0 Å². The third-order valence-corrected chi connectivity index (χ3v) is 1.36. The Kier molecular flexibility index (Phi) is 2.37. The van der Waals surface area contributed by atoms with Crippen molar-refractivity contribution >= 4 is 6.29 Å². The molecule has 58 valence electrons. The predicted octanol–water partition coefficient (Wildman–Crippen LogP) is -0.692. The van der Waals surface area contributed by atoms with Crippen molar-refractivity contribution in [2.75, 3.05) is 6.61 Å². The minimum atomic E-state index is -0.811. The molecule has 1 rings (SSSR count). The molecule has 4 heteroatoms. The summed E-state index contributed by atoms with van der Waals surface area (Å²) in [6.07, 6.45) is -1.33. The van der Waals surface area contributed by atoms with E-state index in [-0.39, 0.29) is 6.61 Å². The van der Waals surface area contributed by atoms with Crippen molar-refractivity contribution in [1.29, 1.82) is 0 Å². The number of hydrogen-bond acceptors (Lipinski definition) is 4. The highest BCUT2D eigenvalue weighted by Gasteiger charge is 2.27. The summed E-state index contributed by atoms with van der Waals surface area (Å²) in [6, 6.07) is 0. The van der Waals surface area contributed by atoms with Crippen LogP contribution in [0.4, 0.5) is 0 Å². The molecule has 0 saturated carbocycles. The van der Waals surface area contributed by atoms with Crippen LogP contribution in [0.15, 0.2) is 0 Å². The Labute approximate surface area is 58.7 Å². The molecule has 1 aliphatic rings. The molecule has 4 nitrogen and oxygen atoms in total. The molecule has 10 heavy (non-hydrogen) atoms. The van der Waals surface area contributed by atoms with E-state index in [1.54, 1.807) is 6.92 Å². The highest BCUT2D eigenvalue weighted by molar-refractivity contribution is 5.57. The molecule has 0 radical (unpaired) electrons. The van der Waals surface area contributed by atoms with Gasteiger partial charge in [0.15, 0.2) is 12.6 Å². The SMILES string of the molecule is CC1OC[C@@H](O)[C@H](C=O)O1. The van der Waals surface area contributed by atoms with E-state index < -0.39 is 18.5 Å². The molecule has 0 aromatic carbocycles. The smallest absolute Gasteiger partial charge is 0.156 e. The summed E-state index contributed by atoms with van der Waals surface area (Å²) in [6.45, 7) is 1.85. The Morgan fingerprint density at radius 2 is 2.40 bits per heavy atom. The monoisotopic (exact) mass is 146 g/mol. The highest BCUT2D eigenvalue weighted by Crippen LogP contribution is 2.10. The van der Waals surface area contributed by atoms with Gasteiger partial charge in [-0.2, -0.15) is 0 Å². The van der Waals surface area contributed by atoms with Crippen LogP contribution in [0.1, 0.15) is 6.92 Å². The molecule has 1 N–H and O–H groups in total. The maximum absolute atomic E-state index is 10.2. The number of rotatable bonds is 1. The first-order chi connectivity index (χ1) is 4.74. The van der Waals surface area contributed by atoms with E-state index in [9.17, 15) is 4.79 Å². The van der Waals surface area contributed by atoms with Gasteiger partial charge in [-0.25, -0.2) is 0 Å². The second-order valence-corrected chi connectivity index (χ2v) is 2.21. The van der Waals surface area contributed by atoms with Crippen LogP contribution in [0.2, 0.25) is 0 Å². The molecule has 1 heterocycles. The topological polar surface area (TPSA) is 55.8 Å². The quantitative estimate of drug-likeness (QED) is 0.497. The van der Waals surface area contributed by atoms with E-state index >= 15 is 0 Å². The maximum atomic E-state index is 10.2. The van der Waals surface area contributed by atoms with Crippen molar-refractivity contribution in [2.45, 2.75) is 25.4 Å². The van der Waals surface area contributed by atoms with Gasteiger partial charge in [0.1, 0.15) is 12.2 Å². The third-order valence-electron chi connectivity index (χ3n) is 1.36. The average molecular weight is 146 g/mol. The van der Waals surface area contributed by atoms with Gasteiger partial charge in [0.2, 0.25) is 0 Å². The fourth-order valence-corrected chi connectivity index (χ4v) is 0.803. The van der Waals surface area contributed by atoms with Gasteiger partial charge < -0.3 is 19.4 Å². The van der Waals surface area contributed by atoms with Crippen LogP contribution in [-0.2, 0) is 14.3 Å². The van der Waals surface area contributed by atoms with E-state index in [1.807, 2.05) is 0 Å². The molecule has 0 bridgehead atoms. The number of aliphatic hydroxyl groups excluding tert-OH is 1. The van der Waals surface area contributed by atoms with E-state index in [1.165, 1.54) is 0 Å². The molecule has 1 aliphatic heterocycles. The fraction of sp³-hybridized carbons (Fsp3) is 0.833. The summed E-state index contributed by atoms with van der Waals surface area (Å²) in [4.78, 5) is 10.2. The van der Waals surface area contributed by atoms with Crippen molar-refractivity contribution < 1.29 is 19.4 Å². The molecular formula is C6H10O4. The molecule has 1 fully saturated rings. The second-order valence-electron chi connectivity index (χ2n) is 2.21. The lowest BCUT2D eigenvalue weighted by molar-refractivity contribution is -0.234. The van der Waals surface area contributed by atoms with Crippen LogP contribution in [-0.4, -0.2) is 36.5 Å². The number of ether oxygens (including phenoxy) is 2. The van der Waals surface area contributed by atoms with Gasteiger partial charge in [-0.1, -0.05) is 0 Å². The van der Waals surface area contributed by atoms with Crippen molar-refractivity contribution in [3.63, 3.8) is 0 Å². The zero-order valence-corrected chi connectivity index (χ0v) is 5.69. The number of aldehydes is 1. The fourth-order valence-electron chi connectivity index (χ4n) is 0.803. The lowest BCUT2D eigenvalue weighted by Crippen LogP contribution is -2.43. The summed E-state index contributed by atoms with van der Waals surface area (Å²) in [5, 5.41) is 9.01. The van der Waals surface area contributed by atoms with E-state index in [0.29, 0.717) is 6.29 Å². The minimum Gasteiger partial charge on any atom is -0.388 e. The normalized spacial score (nSPS) is 41.2. The maximum Gasteiger partial charge on any atom is 0.156 e. The number of aliphatic hydroxyl groups is 1. The van der Waals surface area contributed by atoms with Crippen LogP contribution in [0.25, 0.3) is 0 Å². The first kappa shape index (κ1) is 7.65. The molecule has 0 spiro atoms. The lowest BCUT2D eigenvalue weighted by atomic mass is 10.2. The molecule has 0 aromatic heterocycles. The van der Waals surface area contributed by atoms with Crippen LogP contribution in [0.3, 0.4) is 0 Å². The van der Waals surface area contributed by atoms with Crippen molar-refractivity contribution in [3.05, 3.63) is 0 Å². The zero-order chi connectivity index (χ0) is 7.56. The molecule has 3 atom stereocenters. The Morgan fingerprint density at radius 1 is 1.70 bits per heavy atom. The van der Waals surface area contributed by atoms with E-state index in [2.05, 4.69) is 0 Å². The van der Waals surface area contributed by atoms with Gasteiger partial charge in [-0.05, 0) is 6.92 Å². The Hall–Kier alpha value is -0.450. The molecule has 0 aliphatic carbocycles. The van der Waals surface area contributed by atoms with Crippen LogP contribution >= 0.6 is 0 Å². The number of hydrogen-bond donors (Lipinski definition) is 1. The lowest BCUT2D eigenvalue weighted by Gasteiger charge is -2.28. The van der Waals surface area contributed by atoms with Gasteiger partial charge in [0.25, 0.3) is 0 Å². The number of carbonyl (C=O) groups is 1. The zero-order valence-electron chi connectivity index (χ0n) is 5.69. The Bertz CT molecular complexity index is 125. The van der Waals surface area contributed by atoms with Gasteiger partial charge in [0, 0.05) is 0 Å². The largest absolute Gasteiger partial charge is 0.388 e. The summed E-state index contributed by atoms with van der Waals surface area (Å²) in [5.74, 6) is 0. The standard InChI is InChI=1S/C6H10O4/c1-4-9-3-5(8)6(2-7)10-4/h2,4-6,8H,3H2,1H3/t4?,5-,6+/m1/s1.